The summed E-state index contributed by atoms with van der Waals surface area (Å²) in [5, 5.41) is 18.8. The molecule has 2 N–H and O–H groups in total. The van der Waals surface area contributed by atoms with Crippen LogP contribution in [0.5, 0.6) is 0 Å². The first-order valence-corrected chi connectivity index (χ1v) is 7.78. The van der Waals surface area contributed by atoms with Crippen molar-refractivity contribution in [1.82, 2.24) is 0 Å². The van der Waals surface area contributed by atoms with Gasteiger partial charge in [0.05, 0.1) is 0 Å². The fourth-order valence-electron chi connectivity index (χ4n) is 3.91. The van der Waals surface area contributed by atoms with Crippen molar-refractivity contribution < 1.29 is 34.4 Å². The van der Waals surface area contributed by atoms with Crippen LogP contribution >= 0.6 is 0 Å². The molecule has 0 aromatic heterocycles. The zero-order valence-electron chi connectivity index (χ0n) is 14.0. The van der Waals surface area contributed by atoms with Gasteiger partial charge in [-0.25, -0.2) is 9.68 Å². The number of carboxylic acids is 1. The van der Waals surface area contributed by atoms with Gasteiger partial charge in [0, 0.05) is 23.8 Å². The lowest BCUT2D eigenvalue weighted by atomic mass is 9.52. The molecule has 4 unspecified atom stereocenters. The molecule has 132 valence electrons. The predicted octanol–water partition coefficient (Wildman–Crippen LogP) is 2.33. The predicted molar refractivity (Wildman–Crippen MR) is 82.7 cm³/mol. The topological polar surface area (TPSA) is 110 Å². The standard InChI is InChI=1S/C17H22O7/c1-9(15(20)21)12-5-6-17(24-22)8-13(23-11(3)18)14(19)10(2)16(17,4)7-12/h8,10,12,22H,1,5-7H2,2-4H3,(H,20,21). The molecule has 0 radical (unpaired) electrons. The molecule has 0 heterocycles. The van der Waals surface area contributed by atoms with Gasteiger partial charge in [0.1, 0.15) is 5.60 Å². The second kappa shape index (κ2) is 6.14. The van der Waals surface area contributed by atoms with Gasteiger partial charge in [0.15, 0.2) is 5.76 Å². The highest BCUT2D eigenvalue weighted by molar-refractivity contribution is 5.99. The smallest absolute Gasteiger partial charge is 0.331 e. The van der Waals surface area contributed by atoms with Crippen molar-refractivity contribution in [2.24, 2.45) is 17.3 Å². The molecule has 2 rings (SSSR count). The molecule has 0 saturated heterocycles. The lowest BCUT2D eigenvalue weighted by Crippen LogP contribution is -2.59. The number of Topliss-reactive ketones (excluding diaryl/α,β-unsaturated/α-hetero) is 1. The van der Waals surface area contributed by atoms with E-state index in [1.165, 1.54) is 13.0 Å². The number of hydrogen-bond donors (Lipinski definition) is 2. The number of hydrogen-bond acceptors (Lipinski definition) is 6. The van der Waals surface area contributed by atoms with E-state index in [-0.39, 0.29) is 29.5 Å². The van der Waals surface area contributed by atoms with E-state index in [4.69, 9.17) is 9.62 Å². The van der Waals surface area contributed by atoms with Crippen LogP contribution in [0.2, 0.25) is 0 Å². The summed E-state index contributed by atoms with van der Waals surface area (Å²) in [5.41, 5.74) is -2.00. The Balaban J connectivity index is 2.47. The molecule has 0 spiro atoms. The normalized spacial score (nSPS) is 35.7. The Hall–Kier alpha value is -1.99. The summed E-state index contributed by atoms with van der Waals surface area (Å²) < 4.78 is 4.98. The lowest BCUT2D eigenvalue weighted by molar-refractivity contribution is -0.351. The first-order chi connectivity index (χ1) is 11.1. The van der Waals surface area contributed by atoms with Gasteiger partial charge < -0.3 is 9.84 Å². The molecule has 0 aromatic rings. The molecular weight excluding hydrogens is 316 g/mol. The second-order valence-corrected chi connectivity index (χ2v) is 6.86. The van der Waals surface area contributed by atoms with Crippen LogP contribution < -0.4 is 0 Å². The van der Waals surface area contributed by atoms with Gasteiger partial charge in [-0.15, -0.1) is 0 Å². The van der Waals surface area contributed by atoms with Crippen molar-refractivity contribution in [3.63, 3.8) is 0 Å². The van der Waals surface area contributed by atoms with E-state index in [1.54, 1.807) is 13.8 Å². The minimum absolute atomic E-state index is 0.0807. The number of carbonyl (C=O) groups is 3. The molecule has 1 saturated carbocycles. The quantitative estimate of drug-likeness (QED) is 0.350. The summed E-state index contributed by atoms with van der Waals surface area (Å²) >= 11 is 0. The van der Waals surface area contributed by atoms with Gasteiger partial charge in [-0.3, -0.25) is 14.8 Å². The highest BCUT2D eigenvalue weighted by Crippen LogP contribution is 2.57. The summed E-state index contributed by atoms with van der Waals surface area (Å²) in [6.07, 6.45) is 2.37. The molecule has 2 aliphatic carbocycles. The van der Waals surface area contributed by atoms with Crippen LogP contribution in [-0.4, -0.2) is 33.7 Å². The van der Waals surface area contributed by atoms with E-state index < -0.39 is 28.9 Å². The Bertz CT molecular complexity index is 635. The van der Waals surface area contributed by atoms with Gasteiger partial charge in [0.25, 0.3) is 0 Å². The van der Waals surface area contributed by atoms with E-state index >= 15 is 0 Å². The van der Waals surface area contributed by atoms with E-state index in [1.807, 2.05) is 0 Å². The Morgan fingerprint density at radius 1 is 1.42 bits per heavy atom. The van der Waals surface area contributed by atoms with Crippen LogP contribution in [0.4, 0.5) is 0 Å². The Morgan fingerprint density at radius 2 is 2.04 bits per heavy atom. The average molecular weight is 338 g/mol. The van der Waals surface area contributed by atoms with Gasteiger partial charge in [-0.05, 0) is 31.3 Å². The van der Waals surface area contributed by atoms with Crippen molar-refractivity contribution in [3.05, 3.63) is 24.0 Å². The van der Waals surface area contributed by atoms with Gasteiger partial charge in [-0.2, -0.15) is 0 Å². The highest BCUT2D eigenvalue weighted by atomic mass is 17.1. The van der Waals surface area contributed by atoms with E-state index in [0.717, 1.165) is 0 Å². The zero-order valence-corrected chi connectivity index (χ0v) is 14.0. The van der Waals surface area contributed by atoms with Gasteiger partial charge in [-0.1, -0.05) is 20.4 Å². The second-order valence-electron chi connectivity index (χ2n) is 6.86. The minimum Gasteiger partial charge on any atom is -0.478 e. The van der Waals surface area contributed by atoms with Crippen molar-refractivity contribution in [1.29, 1.82) is 0 Å². The summed E-state index contributed by atoms with van der Waals surface area (Å²) in [4.78, 5) is 39.8. The highest BCUT2D eigenvalue weighted by Gasteiger charge is 2.61. The van der Waals surface area contributed by atoms with Crippen LogP contribution in [-0.2, 0) is 24.0 Å². The first-order valence-electron chi connectivity index (χ1n) is 7.78. The molecule has 4 atom stereocenters. The van der Waals surface area contributed by atoms with Crippen LogP contribution in [0.15, 0.2) is 24.0 Å². The SMILES string of the molecule is C=C(C(=O)O)C1CCC2(OO)C=C(OC(C)=O)C(=O)C(C)C2(C)C1. The Kier molecular flexibility index (Phi) is 4.70. The largest absolute Gasteiger partial charge is 0.478 e. The number of allylic oxidation sites excluding steroid dienone is 1. The number of esters is 1. The Labute approximate surface area is 139 Å². The molecule has 2 aliphatic rings. The van der Waals surface area contributed by atoms with Gasteiger partial charge >= 0.3 is 11.9 Å². The summed E-state index contributed by atoms with van der Waals surface area (Å²) in [6, 6.07) is 0. The van der Waals surface area contributed by atoms with Crippen molar-refractivity contribution in [3.8, 4) is 0 Å². The number of aliphatic carboxylic acids is 1. The number of ketones is 1. The van der Waals surface area contributed by atoms with Crippen LogP contribution in [0, 0.1) is 17.3 Å². The molecule has 7 heteroatoms. The van der Waals surface area contributed by atoms with Crippen molar-refractivity contribution >= 4 is 17.7 Å². The van der Waals surface area contributed by atoms with E-state index in [0.29, 0.717) is 12.8 Å². The summed E-state index contributed by atoms with van der Waals surface area (Å²) in [6.45, 7) is 8.25. The monoisotopic (exact) mass is 338 g/mol. The van der Waals surface area contributed by atoms with E-state index in [2.05, 4.69) is 6.58 Å². The number of rotatable bonds is 4. The van der Waals surface area contributed by atoms with Crippen molar-refractivity contribution in [2.75, 3.05) is 0 Å². The third kappa shape index (κ3) is 2.67. The third-order valence-electron chi connectivity index (χ3n) is 5.64. The molecule has 0 aliphatic heterocycles. The fraction of sp³-hybridized carbons (Fsp3) is 0.588. The molecule has 24 heavy (non-hydrogen) atoms. The maximum absolute atomic E-state index is 12.6. The average Bonchev–Trinajstić information content (AvgIpc) is 2.52. The number of carbonyl (C=O) groups excluding carboxylic acids is 2. The third-order valence-corrected chi connectivity index (χ3v) is 5.64. The lowest BCUT2D eigenvalue weighted by Gasteiger charge is -2.54. The van der Waals surface area contributed by atoms with Gasteiger partial charge in [0.2, 0.25) is 5.78 Å². The fourth-order valence-corrected chi connectivity index (χ4v) is 3.91. The minimum atomic E-state index is -1.22. The zero-order chi connectivity index (χ0) is 18.3. The Morgan fingerprint density at radius 3 is 2.54 bits per heavy atom. The van der Waals surface area contributed by atoms with Crippen molar-refractivity contribution in [2.45, 2.75) is 45.6 Å². The molecule has 1 fully saturated rings. The van der Waals surface area contributed by atoms with Crippen LogP contribution in [0.25, 0.3) is 0 Å². The van der Waals surface area contributed by atoms with E-state index in [9.17, 15) is 24.7 Å². The summed E-state index contributed by atoms with van der Waals surface area (Å²) in [7, 11) is 0. The molecule has 7 nitrogen and oxygen atoms in total. The molecule has 0 amide bonds. The maximum atomic E-state index is 12.6. The summed E-state index contributed by atoms with van der Waals surface area (Å²) in [5.74, 6) is -3.18. The van der Waals surface area contributed by atoms with Crippen LogP contribution in [0.3, 0.4) is 0 Å². The number of fused-ring (bicyclic) bond motifs is 1. The van der Waals surface area contributed by atoms with Crippen LogP contribution in [0.1, 0.15) is 40.0 Å². The number of ether oxygens (including phenoxy) is 1. The maximum Gasteiger partial charge on any atom is 0.331 e. The first kappa shape index (κ1) is 18.4. The molecular formula is C17H22O7. The number of carboxylic acid groups (broad SMARTS) is 1. The molecule has 0 bridgehead atoms. The molecule has 0 aromatic carbocycles.